The van der Waals surface area contributed by atoms with Crippen molar-refractivity contribution in [3.63, 3.8) is 0 Å². The average Bonchev–Trinajstić information content (AvgIpc) is 2.45. The summed E-state index contributed by atoms with van der Waals surface area (Å²) in [5, 5.41) is 10.2. The van der Waals surface area contributed by atoms with E-state index in [1.165, 1.54) is 5.56 Å². The van der Waals surface area contributed by atoms with Gasteiger partial charge in [-0.15, -0.1) is 0 Å². The van der Waals surface area contributed by atoms with Crippen LogP contribution in [-0.4, -0.2) is 24.4 Å². The van der Waals surface area contributed by atoms with Gasteiger partial charge in [0.25, 0.3) is 0 Å². The predicted octanol–water partition coefficient (Wildman–Crippen LogP) is 3.11. The Balaban J connectivity index is 1.90. The van der Waals surface area contributed by atoms with Crippen molar-refractivity contribution < 1.29 is 14.6 Å². The molecule has 1 aromatic carbocycles. The summed E-state index contributed by atoms with van der Waals surface area (Å²) in [6.07, 6.45) is 2.73. The lowest BCUT2D eigenvalue weighted by atomic mass is 9.53. The topological polar surface area (TPSA) is 38.7 Å². The number of hydrogen-bond donors (Lipinski definition) is 1. The van der Waals surface area contributed by atoms with Crippen LogP contribution in [0, 0.1) is 5.41 Å². The lowest BCUT2D eigenvalue weighted by molar-refractivity contribution is -0.0932. The van der Waals surface area contributed by atoms with Crippen LogP contribution in [0.2, 0.25) is 0 Å². The summed E-state index contributed by atoms with van der Waals surface area (Å²) in [7, 11) is 0. The Morgan fingerprint density at radius 3 is 2.47 bits per heavy atom. The SMILES string of the molecule is CCC1(CC)C(O)CC1c1ccc2c(c1)OCCO2. The molecule has 0 amide bonds. The molecule has 1 N–H and O–H groups in total. The van der Waals surface area contributed by atoms with Gasteiger partial charge in [0, 0.05) is 5.41 Å². The number of fused-ring (bicyclic) bond motifs is 1. The van der Waals surface area contributed by atoms with Crippen LogP contribution in [-0.2, 0) is 0 Å². The Bertz CT molecular complexity index is 465. The number of rotatable bonds is 3. The highest BCUT2D eigenvalue weighted by molar-refractivity contribution is 5.46. The maximum Gasteiger partial charge on any atom is 0.161 e. The average molecular weight is 262 g/mol. The normalized spacial score (nSPS) is 27.7. The zero-order valence-electron chi connectivity index (χ0n) is 11.7. The quantitative estimate of drug-likeness (QED) is 0.909. The van der Waals surface area contributed by atoms with Crippen LogP contribution in [0.4, 0.5) is 0 Å². The van der Waals surface area contributed by atoms with Crippen LogP contribution in [0.15, 0.2) is 18.2 Å². The Labute approximate surface area is 114 Å². The minimum Gasteiger partial charge on any atom is -0.486 e. The number of hydrogen-bond acceptors (Lipinski definition) is 3. The first-order chi connectivity index (χ1) is 9.21. The van der Waals surface area contributed by atoms with Crippen molar-refractivity contribution in [3.8, 4) is 11.5 Å². The molecule has 2 unspecified atom stereocenters. The Morgan fingerprint density at radius 1 is 1.16 bits per heavy atom. The molecule has 3 heteroatoms. The highest BCUT2D eigenvalue weighted by Gasteiger charge is 2.52. The van der Waals surface area contributed by atoms with Crippen LogP contribution in [0.3, 0.4) is 0 Å². The van der Waals surface area contributed by atoms with E-state index >= 15 is 0 Å². The number of aliphatic hydroxyl groups is 1. The summed E-state index contributed by atoms with van der Waals surface area (Å²) in [4.78, 5) is 0. The molecule has 0 saturated heterocycles. The first-order valence-corrected chi connectivity index (χ1v) is 7.29. The van der Waals surface area contributed by atoms with Crippen molar-refractivity contribution in [3.05, 3.63) is 23.8 Å². The molecular weight excluding hydrogens is 240 g/mol. The molecule has 0 radical (unpaired) electrons. The minimum atomic E-state index is -0.166. The number of benzene rings is 1. The number of ether oxygens (including phenoxy) is 2. The molecule has 3 nitrogen and oxygen atoms in total. The molecule has 1 heterocycles. The van der Waals surface area contributed by atoms with Gasteiger partial charge in [0.15, 0.2) is 11.5 Å². The molecule has 104 valence electrons. The summed E-state index contributed by atoms with van der Waals surface area (Å²) >= 11 is 0. The minimum absolute atomic E-state index is 0.0454. The summed E-state index contributed by atoms with van der Waals surface area (Å²) in [5.41, 5.74) is 1.32. The third kappa shape index (κ3) is 1.83. The van der Waals surface area contributed by atoms with Crippen molar-refractivity contribution in [2.45, 2.75) is 45.1 Å². The second-order valence-electron chi connectivity index (χ2n) is 5.65. The number of aliphatic hydroxyl groups excluding tert-OH is 1. The van der Waals surface area contributed by atoms with Gasteiger partial charge in [-0.25, -0.2) is 0 Å². The molecule has 3 rings (SSSR count). The maximum atomic E-state index is 10.2. The fourth-order valence-corrected chi connectivity index (χ4v) is 3.72. The third-order valence-corrected chi connectivity index (χ3v) is 5.10. The molecule has 1 aliphatic heterocycles. The first-order valence-electron chi connectivity index (χ1n) is 7.29. The maximum absolute atomic E-state index is 10.2. The first kappa shape index (κ1) is 12.8. The van der Waals surface area contributed by atoms with Crippen LogP contribution in [0.5, 0.6) is 11.5 Å². The van der Waals surface area contributed by atoms with E-state index in [1.54, 1.807) is 0 Å². The Kier molecular flexibility index (Phi) is 3.17. The van der Waals surface area contributed by atoms with E-state index in [4.69, 9.17) is 9.47 Å². The van der Waals surface area contributed by atoms with Gasteiger partial charge in [0.05, 0.1) is 6.10 Å². The lowest BCUT2D eigenvalue weighted by Crippen LogP contribution is -2.50. The molecule has 2 atom stereocenters. The van der Waals surface area contributed by atoms with Crippen molar-refractivity contribution >= 4 is 0 Å². The summed E-state index contributed by atoms with van der Waals surface area (Å²) in [5.74, 6) is 2.13. The summed E-state index contributed by atoms with van der Waals surface area (Å²) in [6.45, 7) is 5.60. The zero-order valence-corrected chi connectivity index (χ0v) is 11.7. The van der Waals surface area contributed by atoms with E-state index in [2.05, 4.69) is 26.0 Å². The molecule has 19 heavy (non-hydrogen) atoms. The van der Waals surface area contributed by atoms with Gasteiger partial charge in [0.1, 0.15) is 13.2 Å². The van der Waals surface area contributed by atoms with E-state index in [-0.39, 0.29) is 11.5 Å². The Morgan fingerprint density at radius 2 is 1.84 bits per heavy atom. The smallest absolute Gasteiger partial charge is 0.161 e. The molecule has 0 spiro atoms. The van der Waals surface area contributed by atoms with E-state index in [0.29, 0.717) is 19.1 Å². The van der Waals surface area contributed by atoms with Crippen molar-refractivity contribution in [1.29, 1.82) is 0 Å². The van der Waals surface area contributed by atoms with Gasteiger partial charge in [-0.1, -0.05) is 19.9 Å². The standard InChI is InChI=1S/C16H22O3/c1-3-16(4-2)12(10-15(16)17)11-5-6-13-14(9-11)19-8-7-18-13/h5-6,9,12,15,17H,3-4,7-8,10H2,1-2H3. The van der Waals surface area contributed by atoms with Crippen LogP contribution in [0.25, 0.3) is 0 Å². The molecule has 1 aromatic rings. The molecule has 1 fully saturated rings. The molecular formula is C16H22O3. The second-order valence-corrected chi connectivity index (χ2v) is 5.65. The molecule has 1 aliphatic carbocycles. The van der Waals surface area contributed by atoms with Crippen molar-refractivity contribution in [2.24, 2.45) is 5.41 Å². The fourth-order valence-electron chi connectivity index (χ4n) is 3.72. The third-order valence-electron chi connectivity index (χ3n) is 5.10. The van der Waals surface area contributed by atoms with Crippen molar-refractivity contribution in [1.82, 2.24) is 0 Å². The van der Waals surface area contributed by atoms with Crippen molar-refractivity contribution in [2.75, 3.05) is 13.2 Å². The fraction of sp³-hybridized carbons (Fsp3) is 0.625. The monoisotopic (exact) mass is 262 g/mol. The summed E-state index contributed by atoms with van der Waals surface area (Å²) < 4.78 is 11.2. The van der Waals surface area contributed by atoms with E-state index in [0.717, 1.165) is 30.8 Å². The molecule has 1 saturated carbocycles. The molecule has 2 aliphatic rings. The van der Waals surface area contributed by atoms with E-state index in [9.17, 15) is 5.11 Å². The van der Waals surface area contributed by atoms with E-state index < -0.39 is 0 Å². The highest BCUT2D eigenvalue weighted by atomic mass is 16.6. The van der Waals surface area contributed by atoms with Crippen LogP contribution in [0.1, 0.15) is 44.6 Å². The van der Waals surface area contributed by atoms with Gasteiger partial charge in [0.2, 0.25) is 0 Å². The van der Waals surface area contributed by atoms with Crippen LogP contribution < -0.4 is 9.47 Å². The predicted molar refractivity (Wildman–Crippen MR) is 73.8 cm³/mol. The zero-order chi connectivity index (χ0) is 13.5. The Hall–Kier alpha value is -1.22. The van der Waals surface area contributed by atoms with Gasteiger partial charge < -0.3 is 14.6 Å². The van der Waals surface area contributed by atoms with Gasteiger partial charge in [-0.2, -0.15) is 0 Å². The van der Waals surface area contributed by atoms with Gasteiger partial charge >= 0.3 is 0 Å². The molecule has 0 aromatic heterocycles. The van der Waals surface area contributed by atoms with Crippen LogP contribution >= 0.6 is 0 Å². The lowest BCUT2D eigenvalue weighted by Gasteiger charge is -2.54. The van der Waals surface area contributed by atoms with E-state index in [1.807, 2.05) is 6.07 Å². The van der Waals surface area contributed by atoms with Gasteiger partial charge in [-0.05, 0) is 42.9 Å². The highest BCUT2D eigenvalue weighted by Crippen LogP contribution is 2.57. The largest absolute Gasteiger partial charge is 0.486 e. The second kappa shape index (κ2) is 4.71. The van der Waals surface area contributed by atoms with Gasteiger partial charge in [-0.3, -0.25) is 0 Å². The summed E-state index contributed by atoms with van der Waals surface area (Å²) in [6, 6.07) is 6.24. The molecule has 0 bridgehead atoms.